The largest absolute Gasteiger partial charge is 0.384 e. The van der Waals surface area contributed by atoms with Gasteiger partial charge in [-0.3, -0.25) is 5.10 Å². The summed E-state index contributed by atoms with van der Waals surface area (Å²) in [6.07, 6.45) is 2.07. The molecule has 6 nitrogen and oxygen atoms in total. The molecule has 3 N–H and O–H groups in total. The van der Waals surface area contributed by atoms with E-state index in [1.54, 1.807) is 0 Å². The van der Waals surface area contributed by atoms with Gasteiger partial charge in [-0.1, -0.05) is 0 Å². The zero-order valence-electron chi connectivity index (χ0n) is 12.0. The van der Waals surface area contributed by atoms with Crippen LogP contribution in [0.5, 0.6) is 0 Å². The fraction of sp³-hybridized carbons (Fsp3) is 0.400. The first kappa shape index (κ1) is 13.4. The molecule has 21 heavy (non-hydrogen) atoms. The SMILES string of the molecule is Cc1nc(N2CCC(c3cc(N)[nH]n3)CC2)ccc1C#N. The number of aryl methyl sites for hydroxylation is 1. The van der Waals surface area contributed by atoms with Gasteiger partial charge >= 0.3 is 0 Å². The number of nitrogens with two attached hydrogens (primary N) is 1. The minimum atomic E-state index is 0.453. The van der Waals surface area contributed by atoms with Gasteiger partial charge in [0.2, 0.25) is 0 Å². The lowest BCUT2D eigenvalue weighted by Crippen LogP contribution is -2.33. The van der Waals surface area contributed by atoms with Gasteiger partial charge in [-0.05, 0) is 31.9 Å². The first-order valence-electron chi connectivity index (χ1n) is 7.11. The Morgan fingerprint density at radius 1 is 1.38 bits per heavy atom. The molecule has 0 amide bonds. The minimum Gasteiger partial charge on any atom is -0.384 e. The molecular weight excluding hydrogens is 264 g/mol. The molecule has 2 aromatic rings. The number of aromatic amines is 1. The van der Waals surface area contributed by atoms with Gasteiger partial charge in [-0.15, -0.1) is 0 Å². The molecule has 3 rings (SSSR count). The lowest BCUT2D eigenvalue weighted by Gasteiger charge is -2.32. The Kier molecular flexibility index (Phi) is 3.48. The van der Waals surface area contributed by atoms with E-state index in [4.69, 9.17) is 11.0 Å². The lowest BCUT2D eigenvalue weighted by atomic mass is 9.93. The Hall–Kier alpha value is -2.55. The molecule has 3 heterocycles. The van der Waals surface area contributed by atoms with Crippen LogP contribution in [-0.2, 0) is 0 Å². The van der Waals surface area contributed by atoms with Crippen molar-refractivity contribution in [3.05, 3.63) is 35.2 Å². The van der Waals surface area contributed by atoms with Crippen molar-refractivity contribution >= 4 is 11.6 Å². The molecular formula is C15H18N6. The van der Waals surface area contributed by atoms with Crippen LogP contribution < -0.4 is 10.6 Å². The smallest absolute Gasteiger partial charge is 0.128 e. The number of hydrogen-bond acceptors (Lipinski definition) is 5. The summed E-state index contributed by atoms with van der Waals surface area (Å²) in [6, 6.07) is 7.85. The van der Waals surface area contributed by atoms with Gasteiger partial charge in [-0.2, -0.15) is 10.4 Å². The molecule has 6 heteroatoms. The number of anilines is 2. The topological polar surface area (TPSA) is 94.6 Å². The summed E-state index contributed by atoms with van der Waals surface area (Å²) in [6.45, 7) is 3.76. The predicted molar refractivity (Wildman–Crippen MR) is 80.9 cm³/mol. The number of nitrogen functional groups attached to an aromatic ring is 1. The zero-order chi connectivity index (χ0) is 14.8. The van der Waals surface area contributed by atoms with Gasteiger partial charge in [0.25, 0.3) is 0 Å². The predicted octanol–water partition coefficient (Wildman–Crippen LogP) is 1.95. The number of aromatic nitrogens is 3. The number of nitrogens with zero attached hydrogens (tertiary/aromatic N) is 4. The van der Waals surface area contributed by atoms with E-state index in [1.807, 2.05) is 25.1 Å². The molecule has 0 saturated carbocycles. The van der Waals surface area contributed by atoms with E-state index in [0.717, 1.165) is 43.1 Å². The third kappa shape index (κ3) is 2.68. The quantitative estimate of drug-likeness (QED) is 0.878. The maximum absolute atomic E-state index is 8.96. The number of nitriles is 1. The lowest BCUT2D eigenvalue weighted by molar-refractivity contribution is 0.493. The van der Waals surface area contributed by atoms with Crippen molar-refractivity contribution in [1.82, 2.24) is 15.2 Å². The number of pyridine rings is 1. The van der Waals surface area contributed by atoms with E-state index in [-0.39, 0.29) is 0 Å². The third-order valence-corrected chi connectivity index (χ3v) is 4.05. The molecule has 108 valence electrons. The molecule has 2 aromatic heterocycles. The molecule has 1 aliphatic rings. The molecule has 0 atom stereocenters. The summed E-state index contributed by atoms with van der Waals surface area (Å²) in [5.41, 5.74) is 8.16. The highest BCUT2D eigenvalue weighted by Crippen LogP contribution is 2.29. The van der Waals surface area contributed by atoms with Crippen molar-refractivity contribution in [2.45, 2.75) is 25.7 Å². The highest BCUT2D eigenvalue weighted by atomic mass is 15.2. The second kappa shape index (κ2) is 5.44. The normalized spacial score (nSPS) is 15.9. The highest BCUT2D eigenvalue weighted by Gasteiger charge is 2.23. The van der Waals surface area contributed by atoms with Crippen LogP contribution in [0, 0.1) is 18.3 Å². The van der Waals surface area contributed by atoms with Crippen LogP contribution in [0.15, 0.2) is 18.2 Å². The number of hydrogen-bond donors (Lipinski definition) is 2. The average molecular weight is 282 g/mol. The fourth-order valence-corrected chi connectivity index (χ4v) is 2.81. The van der Waals surface area contributed by atoms with Gasteiger partial charge in [0.05, 0.1) is 17.0 Å². The van der Waals surface area contributed by atoms with E-state index >= 15 is 0 Å². The van der Waals surface area contributed by atoms with Crippen LogP contribution in [0.4, 0.5) is 11.6 Å². The molecule has 0 unspecified atom stereocenters. The van der Waals surface area contributed by atoms with Gasteiger partial charge in [0.15, 0.2) is 0 Å². The van der Waals surface area contributed by atoms with E-state index in [2.05, 4.69) is 26.2 Å². The van der Waals surface area contributed by atoms with Crippen LogP contribution in [0.3, 0.4) is 0 Å². The van der Waals surface area contributed by atoms with E-state index in [9.17, 15) is 0 Å². The average Bonchev–Trinajstić information content (AvgIpc) is 2.94. The summed E-state index contributed by atoms with van der Waals surface area (Å²) in [4.78, 5) is 6.80. The summed E-state index contributed by atoms with van der Waals surface area (Å²) < 4.78 is 0. The first-order valence-corrected chi connectivity index (χ1v) is 7.11. The molecule has 0 bridgehead atoms. The molecule has 1 aliphatic heterocycles. The molecule has 0 spiro atoms. The Morgan fingerprint density at radius 3 is 2.71 bits per heavy atom. The minimum absolute atomic E-state index is 0.453. The van der Waals surface area contributed by atoms with Crippen LogP contribution in [0.25, 0.3) is 0 Å². The number of piperidine rings is 1. The Bertz CT molecular complexity index is 676. The van der Waals surface area contributed by atoms with Crippen molar-refractivity contribution in [3.8, 4) is 6.07 Å². The van der Waals surface area contributed by atoms with Crippen LogP contribution in [0.1, 0.15) is 35.7 Å². The number of H-pyrrole nitrogens is 1. The molecule has 0 aliphatic carbocycles. The summed E-state index contributed by atoms with van der Waals surface area (Å²) in [7, 11) is 0. The first-order chi connectivity index (χ1) is 10.2. The van der Waals surface area contributed by atoms with Gasteiger partial charge < -0.3 is 10.6 Å². The fourth-order valence-electron chi connectivity index (χ4n) is 2.81. The van der Waals surface area contributed by atoms with E-state index in [1.165, 1.54) is 0 Å². The van der Waals surface area contributed by atoms with E-state index in [0.29, 0.717) is 17.3 Å². The van der Waals surface area contributed by atoms with Crippen LogP contribution in [-0.4, -0.2) is 28.3 Å². The number of nitrogens with one attached hydrogen (secondary N) is 1. The summed E-state index contributed by atoms with van der Waals surface area (Å²) in [5.74, 6) is 2.03. The van der Waals surface area contributed by atoms with E-state index < -0.39 is 0 Å². The molecule has 0 radical (unpaired) electrons. The third-order valence-electron chi connectivity index (χ3n) is 4.05. The summed E-state index contributed by atoms with van der Waals surface area (Å²) >= 11 is 0. The van der Waals surface area contributed by atoms with Crippen molar-refractivity contribution in [1.29, 1.82) is 5.26 Å². The molecule has 1 fully saturated rings. The Morgan fingerprint density at radius 2 is 2.14 bits per heavy atom. The summed E-state index contributed by atoms with van der Waals surface area (Å²) in [5, 5.41) is 16.0. The van der Waals surface area contributed by atoms with Gasteiger partial charge in [-0.25, -0.2) is 4.98 Å². The second-order valence-electron chi connectivity index (χ2n) is 5.42. The molecule has 0 aromatic carbocycles. The second-order valence-corrected chi connectivity index (χ2v) is 5.42. The van der Waals surface area contributed by atoms with Crippen molar-refractivity contribution < 1.29 is 0 Å². The van der Waals surface area contributed by atoms with Crippen molar-refractivity contribution in [2.75, 3.05) is 23.7 Å². The van der Waals surface area contributed by atoms with Crippen molar-refractivity contribution in [3.63, 3.8) is 0 Å². The van der Waals surface area contributed by atoms with Crippen LogP contribution in [0.2, 0.25) is 0 Å². The zero-order valence-corrected chi connectivity index (χ0v) is 12.0. The van der Waals surface area contributed by atoms with Crippen LogP contribution >= 0.6 is 0 Å². The Labute approximate surface area is 123 Å². The van der Waals surface area contributed by atoms with Crippen molar-refractivity contribution in [2.24, 2.45) is 0 Å². The van der Waals surface area contributed by atoms with Gasteiger partial charge in [0.1, 0.15) is 17.7 Å². The maximum Gasteiger partial charge on any atom is 0.128 e. The molecule has 1 saturated heterocycles. The monoisotopic (exact) mass is 282 g/mol. The Balaban J connectivity index is 1.68. The number of rotatable bonds is 2. The standard InChI is InChI=1S/C15H18N6/c1-10-12(9-16)2-3-15(18-10)21-6-4-11(5-7-21)13-8-14(17)20-19-13/h2-3,8,11H,4-7H2,1H3,(H3,17,19,20). The maximum atomic E-state index is 8.96. The highest BCUT2D eigenvalue weighted by molar-refractivity contribution is 5.45. The van der Waals surface area contributed by atoms with Gasteiger partial charge in [0, 0.05) is 25.1 Å².